The molecule has 2 unspecified atom stereocenters. The minimum atomic E-state index is -1.16. The maximum absolute atomic E-state index is 11.5. The number of hydrogen-bond acceptors (Lipinski definition) is 3. The van der Waals surface area contributed by atoms with Crippen molar-refractivity contribution in [2.24, 2.45) is 11.8 Å². The Kier molecular flexibility index (Phi) is 1.91. The smallest absolute Gasteiger partial charge is 0.357 e. The van der Waals surface area contributed by atoms with E-state index in [1.54, 1.807) is 0 Å². The van der Waals surface area contributed by atoms with E-state index in [2.05, 4.69) is 0 Å². The quantitative estimate of drug-likeness (QED) is 0.393. The zero-order valence-electron chi connectivity index (χ0n) is 8.79. The van der Waals surface area contributed by atoms with Gasteiger partial charge in [0.05, 0.1) is 7.11 Å². The number of alkyl halides is 1. The van der Waals surface area contributed by atoms with Crippen LogP contribution in [0.2, 0.25) is 0 Å². The summed E-state index contributed by atoms with van der Waals surface area (Å²) in [4.78, 5) is 11.5. The zero-order valence-corrected chi connectivity index (χ0v) is 9.55. The van der Waals surface area contributed by atoms with Crippen molar-refractivity contribution in [2.45, 2.75) is 42.8 Å². The second kappa shape index (κ2) is 2.89. The van der Waals surface area contributed by atoms with E-state index in [4.69, 9.17) is 21.1 Å². The summed E-state index contributed by atoms with van der Waals surface area (Å²) in [5.74, 6) is 0.980. The lowest BCUT2D eigenvalue weighted by molar-refractivity contribution is -0.143. The second-order valence-electron chi connectivity index (χ2n) is 5.14. The van der Waals surface area contributed by atoms with Gasteiger partial charge in [0.2, 0.25) is 0 Å². The number of halogens is 1. The van der Waals surface area contributed by atoms with Crippen LogP contribution in [0, 0.1) is 11.8 Å². The number of ether oxygens (including phenoxy) is 2. The van der Waals surface area contributed by atoms with Gasteiger partial charge in [0.25, 0.3) is 5.06 Å². The van der Waals surface area contributed by atoms with Crippen LogP contribution < -0.4 is 0 Å². The number of fused-ring (bicyclic) bond motifs is 2. The lowest BCUT2D eigenvalue weighted by Gasteiger charge is -2.25. The molecule has 0 aromatic rings. The monoisotopic (exact) mass is 230 g/mol. The van der Waals surface area contributed by atoms with Gasteiger partial charge in [-0.1, -0.05) is 24.4 Å². The molecule has 3 aliphatic rings. The Hall–Kier alpha value is -0.280. The number of rotatable bonds is 1. The molecule has 4 heteroatoms. The fraction of sp³-hybridized carbons (Fsp3) is 0.909. The van der Waals surface area contributed by atoms with Crippen molar-refractivity contribution in [3.05, 3.63) is 0 Å². The molecule has 1 spiro atoms. The lowest BCUT2D eigenvalue weighted by Crippen LogP contribution is -2.35. The maximum Gasteiger partial charge on any atom is 0.357 e. The van der Waals surface area contributed by atoms with E-state index in [1.165, 1.54) is 26.4 Å². The van der Waals surface area contributed by atoms with Crippen molar-refractivity contribution in [1.82, 2.24) is 0 Å². The van der Waals surface area contributed by atoms with E-state index in [0.29, 0.717) is 11.8 Å². The minimum Gasteiger partial charge on any atom is -0.466 e. The van der Waals surface area contributed by atoms with Crippen LogP contribution in [0.25, 0.3) is 0 Å². The van der Waals surface area contributed by atoms with Gasteiger partial charge in [-0.15, -0.1) is 0 Å². The number of carbonyl (C=O) groups excluding carboxylic acids is 1. The lowest BCUT2D eigenvalue weighted by atomic mass is 9.78. The fourth-order valence-electron chi connectivity index (χ4n) is 3.51. The Morgan fingerprint density at radius 3 is 2.53 bits per heavy atom. The molecule has 0 aromatic heterocycles. The molecular formula is C11H15ClO3. The Morgan fingerprint density at radius 1 is 1.40 bits per heavy atom. The average Bonchev–Trinajstić information content (AvgIpc) is 2.60. The van der Waals surface area contributed by atoms with E-state index in [0.717, 1.165) is 12.8 Å². The van der Waals surface area contributed by atoms with Crippen LogP contribution in [0.4, 0.5) is 0 Å². The highest BCUT2D eigenvalue weighted by atomic mass is 35.5. The number of carbonyl (C=O) groups is 1. The van der Waals surface area contributed by atoms with Crippen molar-refractivity contribution < 1.29 is 14.3 Å². The number of esters is 1. The van der Waals surface area contributed by atoms with Crippen LogP contribution in [0.3, 0.4) is 0 Å². The predicted molar refractivity (Wildman–Crippen MR) is 54.5 cm³/mol. The molecule has 3 rings (SSSR count). The Morgan fingerprint density at radius 2 is 2.00 bits per heavy atom. The fourth-order valence-corrected chi connectivity index (χ4v) is 3.89. The van der Waals surface area contributed by atoms with Crippen molar-refractivity contribution in [1.29, 1.82) is 0 Å². The summed E-state index contributed by atoms with van der Waals surface area (Å²) >= 11 is 6.19. The normalized spacial score (nSPS) is 51.9. The van der Waals surface area contributed by atoms with Gasteiger partial charge >= 0.3 is 5.97 Å². The van der Waals surface area contributed by atoms with E-state index in [9.17, 15) is 4.79 Å². The van der Waals surface area contributed by atoms with Gasteiger partial charge in [-0.2, -0.15) is 0 Å². The van der Waals surface area contributed by atoms with Crippen LogP contribution in [-0.2, 0) is 14.3 Å². The molecule has 2 aliphatic carbocycles. The van der Waals surface area contributed by atoms with Crippen molar-refractivity contribution in [2.75, 3.05) is 7.11 Å². The molecule has 0 N–H and O–H groups in total. The molecule has 4 atom stereocenters. The summed E-state index contributed by atoms with van der Waals surface area (Å²) in [5.41, 5.74) is -0.397. The summed E-state index contributed by atoms with van der Waals surface area (Å²) < 4.78 is 10.3. The number of hydrogen-bond donors (Lipinski definition) is 0. The minimum absolute atomic E-state index is 0.397. The third-order valence-electron chi connectivity index (χ3n) is 4.21. The van der Waals surface area contributed by atoms with Gasteiger partial charge in [-0.25, -0.2) is 4.79 Å². The summed E-state index contributed by atoms with van der Waals surface area (Å²) in [5, 5.41) is -1.16. The Bertz CT molecular complexity index is 305. The van der Waals surface area contributed by atoms with Crippen molar-refractivity contribution in [3.8, 4) is 0 Å². The topological polar surface area (TPSA) is 38.8 Å². The highest BCUT2D eigenvalue weighted by molar-refractivity contribution is 6.36. The summed E-state index contributed by atoms with van der Waals surface area (Å²) in [6, 6.07) is 0. The van der Waals surface area contributed by atoms with E-state index < -0.39 is 16.6 Å². The van der Waals surface area contributed by atoms with Gasteiger partial charge in [0, 0.05) is 0 Å². The van der Waals surface area contributed by atoms with Crippen LogP contribution in [0.1, 0.15) is 32.1 Å². The van der Waals surface area contributed by atoms with Gasteiger partial charge in [0.15, 0.2) is 0 Å². The van der Waals surface area contributed by atoms with Crippen molar-refractivity contribution >= 4 is 17.6 Å². The Balaban J connectivity index is 1.81. The Labute approximate surface area is 94.1 Å². The third-order valence-corrected chi connectivity index (χ3v) is 4.79. The molecule has 0 aromatic carbocycles. The first-order valence-electron chi connectivity index (χ1n) is 5.57. The zero-order chi connectivity index (χ0) is 10.7. The van der Waals surface area contributed by atoms with Gasteiger partial charge in [-0.3, -0.25) is 0 Å². The van der Waals surface area contributed by atoms with Crippen LogP contribution in [0.5, 0.6) is 0 Å². The molecule has 0 amide bonds. The second-order valence-corrected chi connectivity index (χ2v) is 5.67. The van der Waals surface area contributed by atoms with E-state index in [-0.39, 0.29) is 0 Å². The summed E-state index contributed by atoms with van der Waals surface area (Å²) in [6.07, 6.45) is 5.69. The van der Waals surface area contributed by atoms with Crippen LogP contribution >= 0.6 is 11.6 Å². The standard InChI is InChI=1S/C11H15ClO3/c1-14-9(13)11(12)10(15-11)5-7-2-3-8(4-7)6-10/h7-8H,2-6H2,1H3/t7-,8+,10?,11?. The SMILES string of the molecule is COC(=O)C1(Cl)OC12C[C@@H]1CC[C@@H](C1)C2. The molecule has 1 aliphatic heterocycles. The molecular weight excluding hydrogens is 216 g/mol. The molecule has 1 saturated heterocycles. The van der Waals surface area contributed by atoms with Crippen molar-refractivity contribution in [3.63, 3.8) is 0 Å². The molecule has 15 heavy (non-hydrogen) atoms. The highest BCUT2D eigenvalue weighted by Crippen LogP contribution is 2.64. The largest absolute Gasteiger partial charge is 0.466 e. The maximum atomic E-state index is 11.5. The highest BCUT2D eigenvalue weighted by Gasteiger charge is 2.76. The third kappa shape index (κ3) is 1.19. The number of methoxy groups -OCH3 is 1. The molecule has 3 fully saturated rings. The van der Waals surface area contributed by atoms with Gasteiger partial charge < -0.3 is 9.47 Å². The molecule has 2 bridgehead atoms. The summed E-state index contributed by atoms with van der Waals surface area (Å²) in [7, 11) is 1.36. The summed E-state index contributed by atoms with van der Waals surface area (Å²) in [6.45, 7) is 0. The number of epoxide rings is 1. The average molecular weight is 231 g/mol. The van der Waals surface area contributed by atoms with Gasteiger partial charge in [-0.05, 0) is 31.1 Å². The van der Waals surface area contributed by atoms with Crippen LogP contribution in [-0.4, -0.2) is 23.7 Å². The van der Waals surface area contributed by atoms with Gasteiger partial charge in [0.1, 0.15) is 5.60 Å². The molecule has 1 heterocycles. The molecule has 0 radical (unpaired) electrons. The van der Waals surface area contributed by atoms with E-state index in [1.807, 2.05) is 0 Å². The first kappa shape index (κ1) is 9.91. The molecule has 3 nitrogen and oxygen atoms in total. The van der Waals surface area contributed by atoms with E-state index >= 15 is 0 Å². The van der Waals surface area contributed by atoms with Crippen LogP contribution in [0.15, 0.2) is 0 Å². The molecule has 84 valence electrons. The first-order chi connectivity index (χ1) is 7.10. The molecule has 2 saturated carbocycles. The first-order valence-corrected chi connectivity index (χ1v) is 5.95. The predicted octanol–water partition coefficient (Wildman–Crippen LogP) is 2.07.